The molecule has 1 atom stereocenters. The normalized spacial score (nSPS) is 16.6. The molecule has 1 aromatic carbocycles. The minimum absolute atomic E-state index is 0.0730. The number of carbonyl (C=O) groups is 1. The van der Waals surface area contributed by atoms with Gasteiger partial charge >= 0.3 is 0 Å². The molecular formula is C23H26N2O3. The van der Waals surface area contributed by atoms with Crippen molar-refractivity contribution < 1.29 is 13.9 Å². The Bertz CT molecular complexity index is 959. The maximum atomic E-state index is 13.2. The number of furan rings is 1. The molecule has 0 saturated carbocycles. The molecule has 3 aromatic rings. The van der Waals surface area contributed by atoms with E-state index in [1.807, 2.05) is 29.2 Å². The third-order valence-corrected chi connectivity index (χ3v) is 5.31. The molecule has 2 aromatic heterocycles. The maximum absolute atomic E-state index is 13.2. The molecule has 5 nitrogen and oxygen atoms in total. The van der Waals surface area contributed by atoms with Gasteiger partial charge in [-0.3, -0.25) is 9.78 Å². The van der Waals surface area contributed by atoms with E-state index < -0.39 is 0 Å². The summed E-state index contributed by atoms with van der Waals surface area (Å²) < 4.78 is 11.5. The lowest BCUT2D eigenvalue weighted by Gasteiger charge is -2.25. The van der Waals surface area contributed by atoms with Crippen molar-refractivity contribution in [1.29, 1.82) is 0 Å². The zero-order valence-electron chi connectivity index (χ0n) is 16.5. The maximum Gasteiger partial charge on any atom is 0.227 e. The Balaban J connectivity index is 1.56. The number of hydrogen-bond acceptors (Lipinski definition) is 4. The first kappa shape index (κ1) is 18.7. The first-order chi connectivity index (χ1) is 13.6. The summed E-state index contributed by atoms with van der Waals surface area (Å²) in [6.45, 7) is 5.99. The molecular weight excluding hydrogens is 352 g/mol. The van der Waals surface area contributed by atoms with Crippen LogP contribution in [0.1, 0.15) is 35.2 Å². The quantitative estimate of drug-likeness (QED) is 0.645. The summed E-state index contributed by atoms with van der Waals surface area (Å²) in [6.07, 6.45) is 5.97. The average molecular weight is 378 g/mol. The minimum Gasteiger partial charge on any atom is -0.464 e. The van der Waals surface area contributed by atoms with Crippen molar-refractivity contribution in [3.8, 4) is 0 Å². The zero-order chi connectivity index (χ0) is 19.5. The molecule has 1 unspecified atom stereocenters. The van der Waals surface area contributed by atoms with Gasteiger partial charge in [0.05, 0.1) is 31.0 Å². The standard InChI is InChI=1S/C23H26N2O3/c1-16-10-17(2)23-18(15-28-21(23)11-16)12-22(26)25(14-20-7-5-9-27-20)13-19-6-3-4-8-24-19/h3-4,6,8,10-11,15,20H,5,7,9,12-14H2,1-2H3. The van der Waals surface area contributed by atoms with Gasteiger partial charge in [-0.05, 0) is 56.0 Å². The third-order valence-electron chi connectivity index (χ3n) is 5.31. The van der Waals surface area contributed by atoms with Gasteiger partial charge in [-0.2, -0.15) is 0 Å². The number of rotatable bonds is 6. The highest BCUT2D eigenvalue weighted by Crippen LogP contribution is 2.27. The van der Waals surface area contributed by atoms with Gasteiger partial charge in [-0.25, -0.2) is 0 Å². The van der Waals surface area contributed by atoms with E-state index in [-0.39, 0.29) is 12.0 Å². The van der Waals surface area contributed by atoms with E-state index in [1.165, 1.54) is 0 Å². The lowest BCUT2D eigenvalue weighted by Crippen LogP contribution is -2.38. The smallest absolute Gasteiger partial charge is 0.227 e. The zero-order valence-corrected chi connectivity index (χ0v) is 16.5. The van der Waals surface area contributed by atoms with Crippen molar-refractivity contribution >= 4 is 16.9 Å². The molecule has 0 N–H and O–H groups in total. The van der Waals surface area contributed by atoms with Gasteiger partial charge in [0.25, 0.3) is 0 Å². The summed E-state index contributed by atoms with van der Waals surface area (Å²) in [5.74, 6) is 0.0730. The van der Waals surface area contributed by atoms with E-state index in [9.17, 15) is 4.79 Å². The average Bonchev–Trinajstić information content (AvgIpc) is 3.32. The van der Waals surface area contributed by atoms with Crippen LogP contribution in [0.5, 0.6) is 0 Å². The number of aryl methyl sites for hydroxylation is 2. The summed E-state index contributed by atoms with van der Waals surface area (Å²) >= 11 is 0. The first-order valence-corrected chi connectivity index (χ1v) is 9.87. The van der Waals surface area contributed by atoms with Crippen molar-refractivity contribution in [2.45, 2.75) is 45.8 Å². The molecule has 1 fully saturated rings. The lowest BCUT2D eigenvalue weighted by atomic mass is 10.0. The molecule has 5 heteroatoms. The van der Waals surface area contributed by atoms with Crippen molar-refractivity contribution in [3.63, 3.8) is 0 Å². The van der Waals surface area contributed by atoms with Gasteiger partial charge in [-0.15, -0.1) is 0 Å². The van der Waals surface area contributed by atoms with E-state index >= 15 is 0 Å². The topological polar surface area (TPSA) is 55.6 Å². The van der Waals surface area contributed by atoms with Crippen LogP contribution >= 0.6 is 0 Å². The molecule has 146 valence electrons. The number of ether oxygens (including phenoxy) is 1. The van der Waals surface area contributed by atoms with Crippen LogP contribution in [-0.2, 0) is 22.5 Å². The fourth-order valence-corrected chi connectivity index (χ4v) is 4.01. The lowest BCUT2D eigenvalue weighted by molar-refractivity contribution is -0.132. The van der Waals surface area contributed by atoms with Crippen molar-refractivity contribution in [3.05, 3.63) is 65.2 Å². The monoisotopic (exact) mass is 378 g/mol. The molecule has 1 aliphatic heterocycles. The fourth-order valence-electron chi connectivity index (χ4n) is 4.01. The molecule has 1 aliphatic rings. The predicted octanol–water partition coefficient (Wildman–Crippen LogP) is 4.19. The van der Waals surface area contributed by atoms with Gasteiger partial charge in [0.2, 0.25) is 5.91 Å². The van der Waals surface area contributed by atoms with Crippen LogP contribution in [-0.4, -0.2) is 35.0 Å². The fraction of sp³-hybridized carbons (Fsp3) is 0.391. The number of fused-ring (bicyclic) bond motifs is 1. The highest BCUT2D eigenvalue weighted by atomic mass is 16.5. The van der Waals surface area contributed by atoms with Gasteiger partial charge in [-0.1, -0.05) is 12.1 Å². The number of hydrogen-bond donors (Lipinski definition) is 0. The highest BCUT2D eigenvalue weighted by molar-refractivity contribution is 5.90. The number of aromatic nitrogens is 1. The minimum atomic E-state index is 0.0730. The van der Waals surface area contributed by atoms with Crippen LogP contribution < -0.4 is 0 Å². The van der Waals surface area contributed by atoms with E-state index in [0.717, 1.165) is 52.8 Å². The van der Waals surface area contributed by atoms with Crippen molar-refractivity contribution in [2.24, 2.45) is 0 Å². The summed E-state index contributed by atoms with van der Waals surface area (Å²) in [4.78, 5) is 19.5. The summed E-state index contributed by atoms with van der Waals surface area (Å²) in [6, 6.07) is 9.94. The predicted molar refractivity (Wildman–Crippen MR) is 108 cm³/mol. The molecule has 0 radical (unpaired) electrons. The molecule has 1 amide bonds. The second-order valence-corrected chi connectivity index (χ2v) is 7.62. The second kappa shape index (κ2) is 8.15. The summed E-state index contributed by atoms with van der Waals surface area (Å²) in [5, 5.41) is 1.05. The number of benzene rings is 1. The van der Waals surface area contributed by atoms with Gasteiger partial charge in [0, 0.05) is 30.3 Å². The Kier molecular flexibility index (Phi) is 5.44. The van der Waals surface area contributed by atoms with Gasteiger partial charge in [0.15, 0.2) is 0 Å². The second-order valence-electron chi connectivity index (χ2n) is 7.62. The number of amides is 1. The molecule has 28 heavy (non-hydrogen) atoms. The van der Waals surface area contributed by atoms with Crippen LogP contribution in [0, 0.1) is 13.8 Å². The van der Waals surface area contributed by atoms with Crippen LogP contribution in [0.15, 0.2) is 47.2 Å². The molecule has 4 rings (SSSR count). The third kappa shape index (κ3) is 4.09. The van der Waals surface area contributed by atoms with Crippen LogP contribution in [0.3, 0.4) is 0 Å². The van der Waals surface area contributed by atoms with Crippen LogP contribution in [0.25, 0.3) is 11.0 Å². The van der Waals surface area contributed by atoms with Crippen molar-refractivity contribution in [2.75, 3.05) is 13.2 Å². The largest absolute Gasteiger partial charge is 0.464 e. The Morgan fingerprint density at radius 2 is 2.18 bits per heavy atom. The first-order valence-electron chi connectivity index (χ1n) is 9.87. The van der Waals surface area contributed by atoms with E-state index in [2.05, 4.69) is 24.9 Å². The Morgan fingerprint density at radius 3 is 2.93 bits per heavy atom. The number of carbonyl (C=O) groups excluding carboxylic acids is 1. The number of nitrogens with zero attached hydrogens (tertiary/aromatic N) is 2. The van der Waals surface area contributed by atoms with E-state index in [4.69, 9.17) is 9.15 Å². The Morgan fingerprint density at radius 1 is 1.29 bits per heavy atom. The van der Waals surface area contributed by atoms with Gasteiger partial charge in [0.1, 0.15) is 5.58 Å². The Labute approximate surface area is 165 Å². The van der Waals surface area contributed by atoms with Gasteiger partial charge < -0.3 is 14.1 Å². The molecule has 1 saturated heterocycles. The molecule has 0 spiro atoms. The SMILES string of the molecule is Cc1cc(C)c2c(CC(=O)N(Cc3ccccn3)CC3CCCO3)coc2c1. The van der Waals surface area contributed by atoms with Crippen LogP contribution in [0.2, 0.25) is 0 Å². The molecule has 3 heterocycles. The summed E-state index contributed by atoms with van der Waals surface area (Å²) in [7, 11) is 0. The summed E-state index contributed by atoms with van der Waals surface area (Å²) in [5.41, 5.74) is 4.97. The Hall–Kier alpha value is -2.66. The van der Waals surface area contributed by atoms with E-state index in [0.29, 0.717) is 19.5 Å². The number of pyridine rings is 1. The molecule has 0 aliphatic carbocycles. The highest BCUT2D eigenvalue weighted by Gasteiger charge is 2.24. The van der Waals surface area contributed by atoms with Crippen molar-refractivity contribution in [1.82, 2.24) is 9.88 Å². The van der Waals surface area contributed by atoms with E-state index in [1.54, 1.807) is 12.5 Å². The molecule has 0 bridgehead atoms. The van der Waals surface area contributed by atoms with Crippen LogP contribution in [0.4, 0.5) is 0 Å².